The Morgan fingerprint density at radius 3 is 2.21 bits per heavy atom. The summed E-state index contributed by atoms with van der Waals surface area (Å²) in [6.07, 6.45) is 1.77. The van der Waals surface area contributed by atoms with E-state index in [1.165, 1.54) is 10.1 Å². The van der Waals surface area contributed by atoms with Crippen LogP contribution < -0.4 is 10.6 Å². The van der Waals surface area contributed by atoms with Crippen molar-refractivity contribution in [1.82, 2.24) is 13.4 Å². The summed E-state index contributed by atoms with van der Waals surface area (Å²) in [5, 5.41) is 0.640. The molecule has 0 spiro atoms. The molecule has 0 N–H and O–H groups in total. The van der Waals surface area contributed by atoms with Gasteiger partial charge in [-0.25, -0.2) is 13.3 Å². The van der Waals surface area contributed by atoms with Gasteiger partial charge in [0.2, 0.25) is 0 Å². The van der Waals surface area contributed by atoms with Crippen molar-refractivity contribution in [2.45, 2.75) is 32.0 Å². The van der Waals surface area contributed by atoms with Gasteiger partial charge >= 0.3 is 10.6 Å². The van der Waals surface area contributed by atoms with Crippen LogP contribution >= 0.6 is 23.1 Å². The van der Waals surface area contributed by atoms with E-state index in [0.29, 0.717) is 5.02 Å². The van der Waals surface area contributed by atoms with Crippen molar-refractivity contribution in [3.63, 3.8) is 0 Å². The Kier molecular flexibility index (Phi) is 5.80. The molecule has 0 atom stereocenters. The molecule has 146 valence electrons. The monoisotopic (exact) mass is 415 g/mol. The molecule has 1 fully saturated rings. The van der Waals surface area contributed by atoms with Crippen molar-refractivity contribution in [3.8, 4) is 0 Å². The summed E-state index contributed by atoms with van der Waals surface area (Å²) in [5.41, 5.74) is 1.99. The molecule has 0 unspecified atom stereocenters. The molecule has 1 saturated heterocycles. The van der Waals surface area contributed by atoms with E-state index < -0.39 is 0 Å². The number of aromatic nitrogens is 2. The van der Waals surface area contributed by atoms with Crippen molar-refractivity contribution < 1.29 is 0 Å². The highest BCUT2D eigenvalue weighted by atomic mass is 35.5. The first-order valence-corrected chi connectivity index (χ1v) is 10.6. The lowest BCUT2D eigenvalue weighted by atomic mass is 10.0. The molecule has 0 bridgehead atoms. The Morgan fingerprint density at radius 1 is 0.893 bits per heavy atom. The van der Waals surface area contributed by atoms with Gasteiger partial charge in [-0.2, -0.15) is 0 Å². The van der Waals surface area contributed by atoms with Crippen molar-refractivity contribution in [3.05, 3.63) is 90.9 Å². The molecule has 5 nitrogen and oxygen atoms in total. The molecule has 1 aromatic heterocycles. The number of likely N-dealkylation sites (tertiary alicyclic amines) is 1. The molecule has 0 amide bonds. The third-order valence-electron chi connectivity index (χ3n) is 5.21. The van der Waals surface area contributed by atoms with Crippen LogP contribution in [0.3, 0.4) is 0 Å². The quantitative estimate of drug-likeness (QED) is 0.639. The van der Waals surface area contributed by atoms with Crippen LogP contribution in [0.25, 0.3) is 0 Å². The average molecular weight is 416 g/mol. The van der Waals surface area contributed by atoms with Crippen molar-refractivity contribution in [1.29, 1.82) is 0 Å². The molecule has 4 rings (SSSR count). The first-order valence-electron chi connectivity index (χ1n) is 9.43. The van der Waals surface area contributed by atoms with E-state index in [4.69, 9.17) is 11.6 Å². The van der Waals surface area contributed by atoms with Gasteiger partial charge in [-0.05, 0) is 36.1 Å². The minimum Gasteiger partial charge on any atom is -0.299 e. The van der Waals surface area contributed by atoms with Gasteiger partial charge in [0.25, 0.3) is 0 Å². The maximum atomic E-state index is 12.8. The standard InChI is InChI=1S/C21H22ClN3O2S/c22-18-8-6-17(7-9-18)15-24-20(26)25(28-21(24)27)19-10-12-23(13-11-19)14-16-4-2-1-3-5-16/h1-9,19H,10-15H2. The number of hydrogen-bond acceptors (Lipinski definition) is 4. The van der Waals surface area contributed by atoms with Gasteiger partial charge < -0.3 is 0 Å². The number of piperidine rings is 1. The summed E-state index contributed by atoms with van der Waals surface area (Å²) in [6.45, 7) is 3.06. The van der Waals surface area contributed by atoms with E-state index in [1.807, 2.05) is 18.2 Å². The van der Waals surface area contributed by atoms with Gasteiger partial charge in [-0.3, -0.25) is 9.69 Å². The highest BCUT2D eigenvalue weighted by Crippen LogP contribution is 2.23. The first kappa shape index (κ1) is 19.2. The van der Waals surface area contributed by atoms with E-state index in [1.54, 1.807) is 16.1 Å². The third-order valence-corrected chi connectivity index (χ3v) is 6.49. The maximum absolute atomic E-state index is 12.8. The molecule has 2 aromatic carbocycles. The highest BCUT2D eigenvalue weighted by Gasteiger charge is 2.24. The summed E-state index contributed by atoms with van der Waals surface area (Å²) in [4.78, 5) is 27.4. The Morgan fingerprint density at radius 2 is 1.54 bits per heavy atom. The minimum atomic E-state index is -0.202. The van der Waals surface area contributed by atoms with E-state index in [0.717, 1.165) is 49.6 Å². The molecule has 0 radical (unpaired) electrons. The van der Waals surface area contributed by atoms with Crippen LogP contribution in [0, 0.1) is 0 Å². The molecule has 1 aliphatic heterocycles. The second kappa shape index (κ2) is 8.47. The summed E-state index contributed by atoms with van der Waals surface area (Å²) in [6, 6.07) is 17.8. The SMILES string of the molecule is O=c1sn(C2CCN(Cc3ccccc3)CC2)c(=O)n1Cc1ccc(Cl)cc1. The van der Waals surface area contributed by atoms with Gasteiger partial charge in [-0.1, -0.05) is 54.1 Å². The zero-order valence-electron chi connectivity index (χ0n) is 15.5. The summed E-state index contributed by atoms with van der Waals surface area (Å²) in [7, 11) is 0. The van der Waals surface area contributed by atoms with Crippen LogP contribution in [0.1, 0.15) is 30.0 Å². The molecular formula is C21H22ClN3O2S. The number of halogens is 1. The van der Waals surface area contributed by atoms with Gasteiger partial charge in [0, 0.05) is 36.2 Å². The number of nitrogens with zero attached hydrogens (tertiary/aromatic N) is 3. The third kappa shape index (κ3) is 4.29. The van der Waals surface area contributed by atoms with Crippen LogP contribution in [-0.4, -0.2) is 26.5 Å². The fraction of sp³-hybridized carbons (Fsp3) is 0.333. The van der Waals surface area contributed by atoms with E-state index >= 15 is 0 Å². The smallest absolute Gasteiger partial charge is 0.299 e. The van der Waals surface area contributed by atoms with Crippen LogP contribution in [0.5, 0.6) is 0 Å². The number of benzene rings is 2. The van der Waals surface area contributed by atoms with Crippen molar-refractivity contribution in [2.75, 3.05) is 13.1 Å². The van der Waals surface area contributed by atoms with E-state index in [2.05, 4.69) is 29.2 Å². The van der Waals surface area contributed by atoms with Crippen molar-refractivity contribution in [2.24, 2.45) is 0 Å². The van der Waals surface area contributed by atoms with Gasteiger partial charge in [-0.15, -0.1) is 0 Å². The Hall–Kier alpha value is -2.15. The Labute approximate surface area is 172 Å². The lowest BCUT2D eigenvalue weighted by Crippen LogP contribution is -2.37. The summed E-state index contributed by atoms with van der Waals surface area (Å²) >= 11 is 6.95. The van der Waals surface area contributed by atoms with Gasteiger partial charge in [0.1, 0.15) is 0 Å². The Bertz CT molecular complexity index is 1030. The van der Waals surface area contributed by atoms with Crippen LogP contribution in [0.2, 0.25) is 5.02 Å². The summed E-state index contributed by atoms with van der Waals surface area (Å²) < 4.78 is 3.00. The normalized spacial score (nSPS) is 15.8. The molecule has 2 heterocycles. The topological polar surface area (TPSA) is 47.2 Å². The van der Waals surface area contributed by atoms with E-state index in [-0.39, 0.29) is 23.1 Å². The van der Waals surface area contributed by atoms with Gasteiger partial charge in [0.15, 0.2) is 0 Å². The first-order chi connectivity index (χ1) is 13.6. The molecule has 1 aliphatic rings. The molecule has 0 aliphatic carbocycles. The molecule has 7 heteroatoms. The minimum absolute atomic E-state index is 0.101. The summed E-state index contributed by atoms with van der Waals surface area (Å²) in [5.74, 6) is 0. The molecular weight excluding hydrogens is 394 g/mol. The van der Waals surface area contributed by atoms with Crippen LogP contribution in [0.4, 0.5) is 0 Å². The zero-order chi connectivity index (χ0) is 19.5. The average Bonchev–Trinajstić information content (AvgIpc) is 2.99. The zero-order valence-corrected chi connectivity index (χ0v) is 17.0. The van der Waals surface area contributed by atoms with Crippen LogP contribution in [-0.2, 0) is 13.1 Å². The Balaban J connectivity index is 1.43. The maximum Gasteiger partial charge on any atom is 0.341 e. The largest absolute Gasteiger partial charge is 0.341 e. The lowest BCUT2D eigenvalue weighted by molar-refractivity contribution is 0.182. The van der Waals surface area contributed by atoms with E-state index in [9.17, 15) is 9.59 Å². The second-order valence-corrected chi connectivity index (χ2v) is 8.53. The molecule has 0 saturated carbocycles. The fourth-order valence-corrected chi connectivity index (χ4v) is 4.73. The van der Waals surface area contributed by atoms with Gasteiger partial charge in [0.05, 0.1) is 12.6 Å². The van der Waals surface area contributed by atoms with Crippen LogP contribution in [0.15, 0.2) is 64.2 Å². The number of hydrogen-bond donors (Lipinski definition) is 0. The second-order valence-electron chi connectivity index (χ2n) is 7.17. The van der Waals surface area contributed by atoms with Crippen molar-refractivity contribution >= 4 is 23.1 Å². The highest BCUT2D eigenvalue weighted by molar-refractivity contribution is 7.03. The predicted octanol–water partition coefficient (Wildman–Crippen LogP) is 3.61. The molecule has 28 heavy (non-hydrogen) atoms. The fourth-order valence-electron chi connectivity index (χ4n) is 3.66. The predicted molar refractivity (Wildman–Crippen MR) is 113 cm³/mol. The number of rotatable bonds is 5. The molecule has 3 aromatic rings. The lowest BCUT2D eigenvalue weighted by Gasteiger charge is -2.31.